The van der Waals surface area contributed by atoms with E-state index in [1.807, 2.05) is 6.07 Å². The van der Waals surface area contributed by atoms with Crippen molar-refractivity contribution in [3.63, 3.8) is 0 Å². The molecule has 2 rings (SSSR count). The van der Waals surface area contributed by atoms with E-state index in [0.717, 1.165) is 37.7 Å². The summed E-state index contributed by atoms with van der Waals surface area (Å²) in [5.74, 6) is 1.30. The molecule has 0 radical (unpaired) electrons. The Morgan fingerprint density at radius 2 is 2.10 bits per heavy atom. The molecule has 0 unspecified atom stereocenters. The van der Waals surface area contributed by atoms with Gasteiger partial charge in [-0.1, -0.05) is 20.3 Å². The third kappa shape index (κ3) is 4.70. The zero-order valence-electron chi connectivity index (χ0n) is 13.7. The van der Waals surface area contributed by atoms with Crippen molar-refractivity contribution in [2.45, 2.75) is 46.6 Å². The highest BCUT2D eigenvalue weighted by Gasteiger charge is 2.21. The van der Waals surface area contributed by atoms with Crippen LogP contribution in [0.25, 0.3) is 0 Å². The van der Waals surface area contributed by atoms with Gasteiger partial charge in [-0.15, -0.1) is 0 Å². The molecular formula is C18H29FN2. The first kappa shape index (κ1) is 16.3. The number of nitrogens with one attached hydrogen (secondary N) is 1. The number of rotatable bonds is 8. The molecule has 1 fully saturated rings. The van der Waals surface area contributed by atoms with E-state index in [1.165, 1.54) is 24.9 Å². The van der Waals surface area contributed by atoms with Crippen molar-refractivity contribution in [3.8, 4) is 0 Å². The van der Waals surface area contributed by atoms with Crippen LogP contribution >= 0.6 is 0 Å². The Labute approximate surface area is 128 Å². The highest BCUT2D eigenvalue weighted by atomic mass is 19.1. The predicted octanol–water partition coefficient (Wildman–Crippen LogP) is 4.20. The first-order chi connectivity index (χ1) is 10.1. The average molecular weight is 292 g/mol. The van der Waals surface area contributed by atoms with Gasteiger partial charge >= 0.3 is 0 Å². The number of benzene rings is 1. The molecule has 1 aromatic carbocycles. The van der Waals surface area contributed by atoms with Crippen molar-refractivity contribution >= 4 is 5.69 Å². The summed E-state index contributed by atoms with van der Waals surface area (Å²) < 4.78 is 13.6. The molecule has 0 spiro atoms. The highest BCUT2D eigenvalue weighted by Crippen LogP contribution is 2.30. The zero-order chi connectivity index (χ0) is 15.2. The lowest BCUT2D eigenvalue weighted by molar-refractivity contribution is 0.318. The molecule has 2 nitrogen and oxygen atoms in total. The van der Waals surface area contributed by atoms with Gasteiger partial charge in [0.2, 0.25) is 0 Å². The highest BCUT2D eigenvalue weighted by molar-refractivity contribution is 5.54. The Balaban J connectivity index is 2.07. The summed E-state index contributed by atoms with van der Waals surface area (Å²) in [5.41, 5.74) is 2.28. The number of halogens is 1. The van der Waals surface area contributed by atoms with Crippen LogP contribution in [0.2, 0.25) is 0 Å². The molecule has 0 heterocycles. The van der Waals surface area contributed by atoms with Crippen molar-refractivity contribution < 1.29 is 4.39 Å². The first-order valence-electron chi connectivity index (χ1n) is 8.34. The van der Waals surface area contributed by atoms with Crippen LogP contribution in [0.3, 0.4) is 0 Å². The summed E-state index contributed by atoms with van der Waals surface area (Å²) in [7, 11) is 0. The number of anilines is 1. The maximum absolute atomic E-state index is 13.6. The van der Waals surface area contributed by atoms with Crippen molar-refractivity contribution in [1.29, 1.82) is 0 Å². The monoisotopic (exact) mass is 292 g/mol. The van der Waals surface area contributed by atoms with E-state index >= 15 is 0 Å². The summed E-state index contributed by atoms with van der Waals surface area (Å²) in [6.07, 6.45) is 4.06. The van der Waals surface area contributed by atoms with Crippen LogP contribution in [0.5, 0.6) is 0 Å². The summed E-state index contributed by atoms with van der Waals surface area (Å²) in [5, 5.41) is 3.44. The molecule has 118 valence electrons. The quantitative estimate of drug-likeness (QED) is 0.772. The molecule has 0 aliphatic heterocycles. The molecule has 0 aromatic heterocycles. The minimum atomic E-state index is -0.139. The van der Waals surface area contributed by atoms with Gasteiger partial charge < -0.3 is 10.2 Å². The molecule has 1 aliphatic carbocycles. The smallest absolute Gasteiger partial charge is 0.123 e. The molecule has 1 aliphatic rings. The number of hydrogen-bond donors (Lipinski definition) is 1. The summed E-state index contributed by atoms with van der Waals surface area (Å²) in [6, 6.07) is 5.22. The minimum absolute atomic E-state index is 0.139. The Morgan fingerprint density at radius 3 is 2.67 bits per heavy atom. The topological polar surface area (TPSA) is 15.3 Å². The Kier molecular flexibility index (Phi) is 6.04. The van der Waals surface area contributed by atoms with E-state index in [4.69, 9.17) is 0 Å². The lowest BCUT2D eigenvalue weighted by Gasteiger charge is -2.34. The Hall–Kier alpha value is -1.09. The van der Waals surface area contributed by atoms with Gasteiger partial charge in [-0.05, 0) is 61.9 Å². The van der Waals surface area contributed by atoms with Crippen LogP contribution in [0.1, 0.15) is 45.6 Å². The molecule has 1 N–H and O–H groups in total. The maximum atomic E-state index is 13.6. The van der Waals surface area contributed by atoms with Crippen LogP contribution < -0.4 is 10.2 Å². The van der Waals surface area contributed by atoms with Gasteiger partial charge in [-0.25, -0.2) is 4.39 Å². The van der Waals surface area contributed by atoms with E-state index in [0.29, 0.717) is 5.92 Å². The summed E-state index contributed by atoms with van der Waals surface area (Å²) in [6.45, 7) is 10.4. The first-order valence-corrected chi connectivity index (χ1v) is 8.34. The third-order valence-corrected chi connectivity index (χ3v) is 4.34. The van der Waals surface area contributed by atoms with Crippen LogP contribution in [0.15, 0.2) is 18.2 Å². The van der Waals surface area contributed by atoms with E-state index in [9.17, 15) is 4.39 Å². The molecule has 0 saturated heterocycles. The normalized spacial score (nSPS) is 15.3. The van der Waals surface area contributed by atoms with Crippen LogP contribution in [-0.4, -0.2) is 19.6 Å². The standard InChI is InChI=1S/C18H29FN2/c1-4-21(13-15-6-5-7-15)18-9-8-17(19)10-16(18)12-20-11-14(2)3/h8-10,14-15,20H,4-7,11-13H2,1-3H3. The van der Waals surface area contributed by atoms with E-state index in [-0.39, 0.29) is 5.82 Å². The van der Waals surface area contributed by atoms with Crippen molar-refractivity contribution in [1.82, 2.24) is 5.32 Å². The lowest BCUT2D eigenvalue weighted by Crippen LogP contribution is -2.33. The number of nitrogens with zero attached hydrogens (tertiary/aromatic N) is 1. The SMILES string of the molecule is CCN(CC1CCC1)c1ccc(F)cc1CNCC(C)C. The van der Waals surface area contributed by atoms with Gasteiger partial charge in [-0.2, -0.15) is 0 Å². The molecule has 0 amide bonds. The predicted molar refractivity (Wildman–Crippen MR) is 88.2 cm³/mol. The molecular weight excluding hydrogens is 263 g/mol. The average Bonchev–Trinajstić information content (AvgIpc) is 2.39. The fourth-order valence-electron chi connectivity index (χ4n) is 2.88. The summed E-state index contributed by atoms with van der Waals surface area (Å²) >= 11 is 0. The fourth-order valence-corrected chi connectivity index (χ4v) is 2.88. The van der Waals surface area contributed by atoms with Crippen LogP contribution in [0.4, 0.5) is 10.1 Å². The van der Waals surface area contributed by atoms with E-state index in [1.54, 1.807) is 12.1 Å². The van der Waals surface area contributed by atoms with E-state index in [2.05, 4.69) is 31.0 Å². The molecule has 21 heavy (non-hydrogen) atoms. The fraction of sp³-hybridized carbons (Fsp3) is 0.667. The van der Waals surface area contributed by atoms with Gasteiger partial charge in [0.05, 0.1) is 0 Å². The Bertz CT molecular complexity index is 441. The van der Waals surface area contributed by atoms with Crippen LogP contribution in [-0.2, 0) is 6.54 Å². The molecule has 1 saturated carbocycles. The van der Waals surface area contributed by atoms with Gasteiger partial charge in [0.1, 0.15) is 5.82 Å². The maximum Gasteiger partial charge on any atom is 0.123 e. The van der Waals surface area contributed by atoms with Crippen LogP contribution in [0, 0.1) is 17.7 Å². The molecule has 3 heteroatoms. The summed E-state index contributed by atoms with van der Waals surface area (Å²) in [4.78, 5) is 2.41. The number of hydrogen-bond acceptors (Lipinski definition) is 2. The van der Waals surface area contributed by atoms with Gasteiger partial charge in [0.25, 0.3) is 0 Å². The largest absolute Gasteiger partial charge is 0.371 e. The van der Waals surface area contributed by atoms with Gasteiger partial charge in [-0.3, -0.25) is 0 Å². The second-order valence-electron chi connectivity index (χ2n) is 6.63. The molecule has 0 atom stereocenters. The lowest BCUT2D eigenvalue weighted by atomic mass is 9.85. The third-order valence-electron chi connectivity index (χ3n) is 4.34. The van der Waals surface area contributed by atoms with E-state index < -0.39 is 0 Å². The van der Waals surface area contributed by atoms with Gasteiger partial charge in [0, 0.05) is 25.3 Å². The minimum Gasteiger partial charge on any atom is -0.371 e. The molecule has 1 aromatic rings. The van der Waals surface area contributed by atoms with Crippen molar-refractivity contribution in [2.75, 3.05) is 24.5 Å². The van der Waals surface area contributed by atoms with Crippen molar-refractivity contribution in [2.24, 2.45) is 11.8 Å². The second-order valence-corrected chi connectivity index (χ2v) is 6.63. The Morgan fingerprint density at radius 1 is 1.33 bits per heavy atom. The van der Waals surface area contributed by atoms with Crippen molar-refractivity contribution in [3.05, 3.63) is 29.6 Å². The van der Waals surface area contributed by atoms with Gasteiger partial charge in [0.15, 0.2) is 0 Å². The molecule has 0 bridgehead atoms. The second kappa shape index (κ2) is 7.79. The zero-order valence-corrected chi connectivity index (χ0v) is 13.7.